The molecule has 0 saturated carbocycles. The number of carbonyl (C=O) groups is 1. The second kappa shape index (κ2) is 6.16. The highest BCUT2D eigenvalue weighted by molar-refractivity contribution is 9.10. The lowest BCUT2D eigenvalue weighted by molar-refractivity contribution is -0.132. The number of benzene rings is 1. The predicted molar refractivity (Wildman–Crippen MR) is 85.4 cm³/mol. The van der Waals surface area contributed by atoms with Crippen LogP contribution in [0.3, 0.4) is 0 Å². The average Bonchev–Trinajstić information content (AvgIpc) is 2.81. The molecule has 0 aliphatic carbocycles. The number of allylic oxidation sites excluding steroid dienone is 1. The highest BCUT2D eigenvalue weighted by atomic mass is 79.9. The zero-order chi connectivity index (χ0) is 15.6. The summed E-state index contributed by atoms with van der Waals surface area (Å²) >= 11 is 3.38. The number of aliphatic hydroxyl groups excluding tert-OH is 1. The Morgan fingerprint density at radius 1 is 1.24 bits per heavy atom. The molecule has 0 unspecified atom stereocenters. The maximum absolute atomic E-state index is 11.3. The molecule has 0 amide bonds. The van der Waals surface area contributed by atoms with Gasteiger partial charge in [0, 0.05) is 17.0 Å². The predicted octanol–water partition coefficient (Wildman–Crippen LogP) is 4.29. The van der Waals surface area contributed by atoms with E-state index in [1.807, 2.05) is 45.0 Å². The van der Waals surface area contributed by atoms with E-state index in [-0.39, 0.29) is 11.4 Å². The molecule has 2 rings (SSSR count). The van der Waals surface area contributed by atoms with Gasteiger partial charge in [0.25, 0.3) is 0 Å². The number of carbonyl (C=O) groups excluding carboxylic acids is 1. The highest BCUT2D eigenvalue weighted by Crippen LogP contribution is 2.37. The second-order valence-electron chi connectivity index (χ2n) is 6.12. The van der Waals surface area contributed by atoms with Crippen LogP contribution in [0, 0.1) is 5.41 Å². The van der Waals surface area contributed by atoms with Crippen LogP contribution in [0.5, 0.6) is 0 Å². The van der Waals surface area contributed by atoms with Gasteiger partial charge in [0.15, 0.2) is 0 Å². The number of rotatable bonds is 3. The molecule has 0 radical (unpaired) electrons. The van der Waals surface area contributed by atoms with Crippen molar-refractivity contribution in [1.82, 2.24) is 0 Å². The molecule has 0 bridgehead atoms. The molecule has 1 atom stereocenters. The van der Waals surface area contributed by atoms with Gasteiger partial charge in [0.2, 0.25) is 0 Å². The monoisotopic (exact) mass is 350 g/mol. The fourth-order valence-electron chi connectivity index (χ4n) is 2.25. The van der Waals surface area contributed by atoms with Crippen LogP contribution in [0.25, 0.3) is 0 Å². The number of ether oxygens (including phenoxy) is 1. The molecule has 1 heterocycles. The highest BCUT2D eigenvalue weighted by Gasteiger charge is 2.27. The smallest absolute Gasteiger partial charge is 0.336 e. The van der Waals surface area contributed by atoms with Crippen molar-refractivity contribution in [2.45, 2.75) is 33.3 Å². The summed E-state index contributed by atoms with van der Waals surface area (Å²) in [6.45, 7) is 6.14. The zero-order valence-electron chi connectivity index (χ0n) is 12.4. The third-order valence-corrected chi connectivity index (χ3v) is 3.97. The van der Waals surface area contributed by atoms with Gasteiger partial charge in [0.1, 0.15) is 5.76 Å². The zero-order valence-corrected chi connectivity index (χ0v) is 14.0. The number of esters is 1. The normalized spacial score (nSPS) is 18.6. The van der Waals surface area contributed by atoms with Crippen LogP contribution in [0.4, 0.5) is 0 Å². The van der Waals surface area contributed by atoms with Gasteiger partial charge in [-0.2, -0.15) is 0 Å². The van der Waals surface area contributed by atoms with Gasteiger partial charge >= 0.3 is 5.97 Å². The van der Waals surface area contributed by atoms with E-state index < -0.39 is 6.10 Å². The Bertz CT molecular complexity index is 591. The van der Waals surface area contributed by atoms with Crippen molar-refractivity contribution >= 4 is 21.9 Å². The first-order valence-corrected chi connectivity index (χ1v) is 7.64. The Balaban J connectivity index is 2.26. The Morgan fingerprint density at radius 3 is 2.33 bits per heavy atom. The minimum atomic E-state index is -0.632. The lowest BCUT2D eigenvalue weighted by Gasteiger charge is -2.26. The van der Waals surface area contributed by atoms with Crippen LogP contribution < -0.4 is 0 Å². The van der Waals surface area contributed by atoms with Crippen LogP contribution in [0.15, 0.2) is 52.2 Å². The second-order valence-corrected chi connectivity index (χ2v) is 7.03. The maximum atomic E-state index is 11.3. The first-order chi connectivity index (χ1) is 9.77. The molecule has 1 aromatic carbocycles. The molecule has 1 N–H and O–H groups in total. The van der Waals surface area contributed by atoms with Gasteiger partial charge in [-0.15, -0.1) is 0 Å². The Labute approximate surface area is 133 Å². The fraction of sp³-hybridized carbons (Fsp3) is 0.353. The van der Waals surface area contributed by atoms with E-state index in [2.05, 4.69) is 15.9 Å². The van der Waals surface area contributed by atoms with E-state index in [1.165, 1.54) is 6.08 Å². The summed E-state index contributed by atoms with van der Waals surface area (Å²) in [5, 5.41) is 10.5. The average molecular weight is 351 g/mol. The number of hydrogen-bond acceptors (Lipinski definition) is 3. The van der Waals surface area contributed by atoms with Gasteiger partial charge in [-0.3, -0.25) is 0 Å². The van der Waals surface area contributed by atoms with Crippen molar-refractivity contribution in [3.8, 4) is 0 Å². The van der Waals surface area contributed by atoms with Gasteiger partial charge in [0.05, 0.1) is 6.10 Å². The van der Waals surface area contributed by atoms with Crippen molar-refractivity contribution < 1.29 is 14.6 Å². The Hall–Kier alpha value is -1.39. The van der Waals surface area contributed by atoms with Crippen molar-refractivity contribution in [2.24, 2.45) is 5.41 Å². The Morgan fingerprint density at radius 2 is 1.86 bits per heavy atom. The van der Waals surface area contributed by atoms with Crippen molar-refractivity contribution in [3.63, 3.8) is 0 Å². The summed E-state index contributed by atoms with van der Waals surface area (Å²) < 4.78 is 6.19. The summed E-state index contributed by atoms with van der Waals surface area (Å²) in [4.78, 5) is 11.3. The molecule has 3 nitrogen and oxygen atoms in total. The van der Waals surface area contributed by atoms with Crippen LogP contribution in [-0.2, 0) is 9.53 Å². The summed E-state index contributed by atoms with van der Waals surface area (Å²) in [7, 11) is 0. The van der Waals surface area contributed by atoms with Gasteiger partial charge < -0.3 is 9.84 Å². The summed E-state index contributed by atoms with van der Waals surface area (Å²) in [6, 6.07) is 7.57. The largest absolute Gasteiger partial charge is 0.423 e. The molecule has 1 aromatic rings. The first-order valence-electron chi connectivity index (χ1n) is 6.84. The molecule has 0 spiro atoms. The first kappa shape index (κ1) is 16.0. The van der Waals surface area contributed by atoms with E-state index >= 15 is 0 Å². The minimum absolute atomic E-state index is 0.194. The molecule has 1 aliphatic rings. The van der Waals surface area contributed by atoms with E-state index in [1.54, 1.807) is 6.08 Å². The maximum Gasteiger partial charge on any atom is 0.336 e. The molecule has 4 heteroatoms. The standard InChI is InChI=1S/C17H19BrO3/c1-17(2,3)13(15-8-9-16(20)21-15)10-14(19)11-4-6-12(18)7-5-11/h4-9,14,19H,10H2,1-3H3/b15-13-/t14-/m1/s1. The van der Waals surface area contributed by atoms with Crippen LogP contribution in [0.2, 0.25) is 0 Å². The van der Waals surface area contributed by atoms with Crippen molar-refractivity contribution in [1.29, 1.82) is 0 Å². The number of aliphatic hydroxyl groups is 1. The fourth-order valence-corrected chi connectivity index (χ4v) is 2.52. The third-order valence-electron chi connectivity index (χ3n) is 3.44. The molecule has 112 valence electrons. The van der Waals surface area contributed by atoms with E-state index in [0.29, 0.717) is 12.2 Å². The van der Waals surface area contributed by atoms with Gasteiger partial charge in [-0.05, 0) is 34.8 Å². The summed E-state index contributed by atoms with van der Waals surface area (Å²) in [5.74, 6) is 0.202. The quantitative estimate of drug-likeness (QED) is 0.827. The van der Waals surface area contributed by atoms with Crippen molar-refractivity contribution in [3.05, 3.63) is 57.8 Å². The molecule has 0 fully saturated rings. The molecule has 21 heavy (non-hydrogen) atoms. The van der Waals surface area contributed by atoms with Crippen LogP contribution >= 0.6 is 15.9 Å². The third kappa shape index (κ3) is 4.05. The van der Waals surface area contributed by atoms with E-state index in [4.69, 9.17) is 4.74 Å². The lowest BCUT2D eigenvalue weighted by Crippen LogP contribution is -2.15. The molecular weight excluding hydrogens is 332 g/mol. The molecule has 0 saturated heterocycles. The molecule has 0 aromatic heterocycles. The molecule has 1 aliphatic heterocycles. The van der Waals surface area contributed by atoms with Crippen LogP contribution in [-0.4, -0.2) is 11.1 Å². The topological polar surface area (TPSA) is 46.5 Å². The van der Waals surface area contributed by atoms with E-state index in [9.17, 15) is 9.90 Å². The van der Waals surface area contributed by atoms with Gasteiger partial charge in [-0.1, -0.05) is 48.8 Å². The number of hydrogen-bond donors (Lipinski definition) is 1. The SMILES string of the molecule is CC(C)(C)/C(C[C@@H](O)c1ccc(Br)cc1)=C1/C=CC(=O)O1. The summed E-state index contributed by atoms with van der Waals surface area (Å²) in [6.07, 6.45) is 2.88. The minimum Gasteiger partial charge on any atom is -0.423 e. The van der Waals surface area contributed by atoms with Crippen molar-refractivity contribution in [2.75, 3.05) is 0 Å². The Kier molecular flexibility index (Phi) is 4.69. The van der Waals surface area contributed by atoms with Gasteiger partial charge in [-0.25, -0.2) is 4.79 Å². The van der Waals surface area contributed by atoms with Crippen LogP contribution in [0.1, 0.15) is 38.9 Å². The van der Waals surface area contributed by atoms with E-state index in [0.717, 1.165) is 15.6 Å². The number of halogens is 1. The molecular formula is C17H19BrO3. The number of cyclic esters (lactones) is 1. The lowest BCUT2D eigenvalue weighted by atomic mass is 9.81. The summed E-state index contributed by atoms with van der Waals surface area (Å²) in [5.41, 5.74) is 1.58.